The molecule has 1 aliphatic heterocycles. The number of nitrogens with one attached hydrogen (secondary N) is 2. The van der Waals surface area contributed by atoms with E-state index in [2.05, 4.69) is 36.6 Å². The molecule has 0 aromatic heterocycles. The summed E-state index contributed by atoms with van der Waals surface area (Å²) in [5, 5.41) is 6.44. The molecule has 1 aromatic rings. The minimum Gasteiger partial charge on any atom is -0.494 e. The van der Waals surface area contributed by atoms with Crippen molar-refractivity contribution in [2.75, 3.05) is 33.8 Å². The highest BCUT2D eigenvalue weighted by molar-refractivity contribution is 5.85. The van der Waals surface area contributed by atoms with Gasteiger partial charge in [0.05, 0.1) is 6.61 Å². The van der Waals surface area contributed by atoms with Gasteiger partial charge in [-0.05, 0) is 64.5 Å². The number of carbonyl (C=O) groups is 1. The Labute approximate surface area is 157 Å². The predicted molar refractivity (Wildman–Crippen MR) is 104 cm³/mol. The Morgan fingerprint density at radius 2 is 2.04 bits per heavy atom. The van der Waals surface area contributed by atoms with Crippen molar-refractivity contribution in [3.05, 3.63) is 29.8 Å². The molecular formula is C19H32ClN3O2. The molecule has 0 unspecified atom stereocenters. The lowest BCUT2D eigenvalue weighted by molar-refractivity contribution is -0.126. The molecule has 1 aromatic carbocycles. The van der Waals surface area contributed by atoms with Crippen molar-refractivity contribution in [2.45, 2.75) is 38.8 Å². The van der Waals surface area contributed by atoms with E-state index < -0.39 is 0 Å². The van der Waals surface area contributed by atoms with Crippen molar-refractivity contribution in [3.63, 3.8) is 0 Å². The van der Waals surface area contributed by atoms with Crippen molar-refractivity contribution >= 4 is 18.3 Å². The first-order valence-electron chi connectivity index (χ1n) is 8.92. The maximum Gasteiger partial charge on any atom is 0.223 e. The molecule has 2 N–H and O–H groups in total. The molecule has 0 spiro atoms. The Balaban J connectivity index is 0.00000312. The molecule has 142 valence electrons. The molecule has 6 heteroatoms. The Kier molecular flexibility index (Phi) is 9.86. The monoisotopic (exact) mass is 369 g/mol. The molecule has 1 amide bonds. The third-order valence-electron chi connectivity index (χ3n) is 4.40. The molecule has 5 nitrogen and oxygen atoms in total. The molecule has 0 radical (unpaired) electrons. The summed E-state index contributed by atoms with van der Waals surface area (Å²) >= 11 is 0. The fraction of sp³-hybridized carbons (Fsp3) is 0.632. The zero-order chi connectivity index (χ0) is 17.4. The maximum absolute atomic E-state index is 12.2. The van der Waals surface area contributed by atoms with E-state index in [1.165, 1.54) is 0 Å². The van der Waals surface area contributed by atoms with Gasteiger partial charge < -0.3 is 20.3 Å². The van der Waals surface area contributed by atoms with Gasteiger partial charge in [-0.1, -0.05) is 12.1 Å². The van der Waals surface area contributed by atoms with E-state index in [4.69, 9.17) is 4.74 Å². The predicted octanol–water partition coefficient (Wildman–Crippen LogP) is 2.44. The molecule has 25 heavy (non-hydrogen) atoms. The second-order valence-corrected chi connectivity index (χ2v) is 6.94. The highest BCUT2D eigenvalue weighted by atomic mass is 35.5. The number of nitrogens with zero attached hydrogens (tertiary/aromatic N) is 1. The van der Waals surface area contributed by atoms with Gasteiger partial charge in [0.15, 0.2) is 0 Å². The summed E-state index contributed by atoms with van der Waals surface area (Å²) in [5.41, 5.74) is 1.10. The molecule has 0 aliphatic carbocycles. The molecule has 1 saturated heterocycles. The van der Waals surface area contributed by atoms with Gasteiger partial charge in [-0.2, -0.15) is 0 Å². The molecule has 1 aliphatic rings. The lowest BCUT2D eigenvalue weighted by atomic mass is 9.92. The van der Waals surface area contributed by atoms with E-state index in [1.54, 1.807) is 0 Å². The number of rotatable bonds is 8. The highest BCUT2D eigenvalue weighted by Crippen LogP contribution is 2.17. The maximum atomic E-state index is 12.2. The summed E-state index contributed by atoms with van der Waals surface area (Å²) in [4.78, 5) is 14.4. The summed E-state index contributed by atoms with van der Waals surface area (Å²) in [6.45, 7) is 5.40. The van der Waals surface area contributed by atoms with Crippen molar-refractivity contribution in [2.24, 2.45) is 5.92 Å². The molecule has 0 bridgehead atoms. The lowest BCUT2D eigenvalue weighted by Gasteiger charge is -2.27. The van der Waals surface area contributed by atoms with Gasteiger partial charge in [-0.15, -0.1) is 12.4 Å². The first kappa shape index (κ1) is 21.7. The van der Waals surface area contributed by atoms with E-state index in [1.807, 2.05) is 24.3 Å². The van der Waals surface area contributed by atoms with Crippen LogP contribution in [0.25, 0.3) is 0 Å². The van der Waals surface area contributed by atoms with Crippen molar-refractivity contribution in [1.82, 2.24) is 15.5 Å². The van der Waals surface area contributed by atoms with E-state index in [9.17, 15) is 4.79 Å². The molecule has 1 heterocycles. The van der Waals surface area contributed by atoms with Crippen LogP contribution in [0.15, 0.2) is 24.3 Å². The normalized spacial score (nSPS) is 20.0. The lowest BCUT2D eigenvalue weighted by Crippen LogP contribution is -2.42. The smallest absolute Gasteiger partial charge is 0.223 e. The van der Waals surface area contributed by atoms with Crippen molar-refractivity contribution < 1.29 is 9.53 Å². The topological polar surface area (TPSA) is 53.6 Å². The third kappa shape index (κ3) is 8.08. The van der Waals surface area contributed by atoms with Crippen molar-refractivity contribution in [3.8, 4) is 5.75 Å². The molecule has 2 atom stereocenters. The van der Waals surface area contributed by atoms with Crippen LogP contribution in [0.3, 0.4) is 0 Å². The average molecular weight is 370 g/mol. The SMILES string of the molecule is C[C@H]1C[C@@H](C(=O)NCc2ccc(OCCCN(C)C)cc2)CCN1.Cl. The summed E-state index contributed by atoms with van der Waals surface area (Å²) in [5.74, 6) is 1.20. The molecule has 1 fully saturated rings. The largest absolute Gasteiger partial charge is 0.494 e. The van der Waals surface area contributed by atoms with Crippen LogP contribution in [-0.2, 0) is 11.3 Å². The van der Waals surface area contributed by atoms with Gasteiger partial charge in [0.2, 0.25) is 5.91 Å². The van der Waals surface area contributed by atoms with Crippen LogP contribution >= 0.6 is 12.4 Å². The van der Waals surface area contributed by atoms with Gasteiger partial charge >= 0.3 is 0 Å². The Morgan fingerprint density at radius 1 is 1.32 bits per heavy atom. The average Bonchev–Trinajstić information content (AvgIpc) is 2.57. The summed E-state index contributed by atoms with van der Waals surface area (Å²) in [6.07, 6.45) is 2.86. The van der Waals surface area contributed by atoms with E-state index in [0.29, 0.717) is 12.6 Å². The minimum absolute atomic E-state index is 0. The van der Waals surface area contributed by atoms with Gasteiger partial charge in [0, 0.05) is 25.0 Å². The Bertz CT molecular complexity index is 508. The second-order valence-electron chi connectivity index (χ2n) is 6.94. The first-order chi connectivity index (χ1) is 11.5. The fourth-order valence-electron chi connectivity index (χ4n) is 2.98. The Hall–Kier alpha value is -1.30. The summed E-state index contributed by atoms with van der Waals surface area (Å²) in [7, 11) is 4.13. The van der Waals surface area contributed by atoms with E-state index >= 15 is 0 Å². The number of halogens is 1. The van der Waals surface area contributed by atoms with Gasteiger partial charge in [0.25, 0.3) is 0 Å². The third-order valence-corrected chi connectivity index (χ3v) is 4.40. The second kappa shape index (κ2) is 11.3. The zero-order valence-corrected chi connectivity index (χ0v) is 16.4. The van der Waals surface area contributed by atoms with Crippen LogP contribution in [0.2, 0.25) is 0 Å². The number of benzene rings is 1. The fourth-order valence-corrected chi connectivity index (χ4v) is 2.98. The van der Waals surface area contributed by atoms with Crippen LogP contribution in [-0.4, -0.2) is 50.6 Å². The van der Waals surface area contributed by atoms with Crippen LogP contribution in [0, 0.1) is 5.92 Å². The van der Waals surface area contributed by atoms with Gasteiger partial charge in [-0.3, -0.25) is 4.79 Å². The number of hydrogen-bond acceptors (Lipinski definition) is 4. The van der Waals surface area contributed by atoms with Gasteiger partial charge in [-0.25, -0.2) is 0 Å². The molecule has 2 rings (SSSR count). The van der Waals surface area contributed by atoms with Crippen LogP contribution in [0.4, 0.5) is 0 Å². The summed E-state index contributed by atoms with van der Waals surface area (Å²) < 4.78 is 5.72. The van der Waals surface area contributed by atoms with Crippen LogP contribution < -0.4 is 15.4 Å². The highest BCUT2D eigenvalue weighted by Gasteiger charge is 2.24. The quantitative estimate of drug-likeness (QED) is 0.691. The van der Waals surface area contributed by atoms with E-state index in [0.717, 1.165) is 50.3 Å². The first-order valence-corrected chi connectivity index (χ1v) is 8.92. The molecule has 0 saturated carbocycles. The number of amides is 1. The van der Waals surface area contributed by atoms with Crippen LogP contribution in [0.1, 0.15) is 31.7 Å². The number of hydrogen-bond donors (Lipinski definition) is 2. The number of piperidine rings is 1. The number of ether oxygens (including phenoxy) is 1. The van der Waals surface area contributed by atoms with E-state index in [-0.39, 0.29) is 24.2 Å². The van der Waals surface area contributed by atoms with Gasteiger partial charge in [0.1, 0.15) is 5.75 Å². The Morgan fingerprint density at radius 3 is 2.68 bits per heavy atom. The zero-order valence-electron chi connectivity index (χ0n) is 15.6. The standard InChI is InChI=1S/C19H31N3O2.ClH/c1-15-13-17(9-10-20-15)19(23)21-14-16-5-7-18(8-6-16)24-12-4-11-22(2)3;/h5-8,15,17,20H,4,9-14H2,1-3H3,(H,21,23);1H/t15-,17-;/m0./s1. The summed E-state index contributed by atoms with van der Waals surface area (Å²) in [6, 6.07) is 8.42. The minimum atomic E-state index is 0. The molecular weight excluding hydrogens is 338 g/mol. The number of carbonyl (C=O) groups excluding carboxylic acids is 1. The van der Waals surface area contributed by atoms with Crippen molar-refractivity contribution in [1.29, 1.82) is 0 Å². The van der Waals surface area contributed by atoms with Crippen LogP contribution in [0.5, 0.6) is 5.75 Å².